The molecule has 0 aliphatic carbocycles. The molecule has 3 aromatic rings. The number of nitrogens with one attached hydrogen (secondary N) is 1. The lowest BCUT2D eigenvalue weighted by Gasteiger charge is -2.07. The Labute approximate surface area is 139 Å². The van der Waals surface area contributed by atoms with Crippen molar-refractivity contribution in [1.29, 1.82) is 0 Å². The highest BCUT2D eigenvalue weighted by molar-refractivity contribution is 6.30. The summed E-state index contributed by atoms with van der Waals surface area (Å²) in [6.07, 6.45) is 0. The zero-order valence-corrected chi connectivity index (χ0v) is 13.6. The van der Waals surface area contributed by atoms with Crippen LogP contribution in [0.3, 0.4) is 0 Å². The van der Waals surface area contributed by atoms with Gasteiger partial charge < -0.3 is 14.6 Å². The largest absolute Gasteiger partial charge is 0.497 e. The quantitative estimate of drug-likeness (QED) is 0.755. The van der Waals surface area contributed by atoms with Gasteiger partial charge in [0.15, 0.2) is 0 Å². The van der Waals surface area contributed by atoms with Crippen molar-refractivity contribution in [2.24, 2.45) is 0 Å². The Hall–Kier alpha value is -2.53. The van der Waals surface area contributed by atoms with Crippen molar-refractivity contribution in [3.8, 4) is 17.1 Å². The number of methoxy groups -OCH3 is 1. The van der Waals surface area contributed by atoms with Crippen LogP contribution >= 0.6 is 11.6 Å². The average Bonchev–Trinajstić information content (AvgIpc) is 3.05. The van der Waals surface area contributed by atoms with Crippen molar-refractivity contribution >= 4 is 17.3 Å². The van der Waals surface area contributed by atoms with E-state index >= 15 is 0 Å². The van der Waals surface area contributed by atoms with E-state index in [1.807, 2.05) is 49.4 Å². The van der Waals surface area contributed by atoms with Crippen LogP contribution < -0.4 is 10.1 Å². The summed E-state index contributed by atoms with van der Waals surface area (Å²) in [7, 11) is 1.63. The molecule has 6 heteroatoms. The Bertz CT molecular complexity index is 800. The minimum Gasteiger partial charge on any atom is -0.497 e. The summed E-state index contributed by atoms with van der Waals surface area (Å²) in [6, 6.07) is 13.2. The highest BCUT2D eigenvalue weighted by Gasteiger charge is 2.09. The number of hydrogen-bond acceptors (Lipinski definition) is 5. The van der Waals surface area contributed by atoms with Gasteiger partial charge in [-0.2, -0.15) is 4.98 Å². The fourth-order valence-corrected chi connectivity index (χ4v) is 2.31. The van der Waals surface area contributed by atoms with E-state index in [0.29, 0.717) is 23.3 Å². The molecule has 1 heterocycles. The number of halogens is 1. The topological polar surface area (TPSA) is 60.2 Å². The lowest BCUT2D eigenvalue weighted by Crippen LogP contribution is -2.01. The summed E-state index contributed by atoms with van der Waals surface area (Å²) in [5.74, 6) is 1.85. The molecule has 0 radical (unpaired) electrons. The van der Waals surface area contributed by atoms with Crippen molar-refractivity contribution in [3.63, 3.8) is 0 Å². The van der Waals surface area contributed by atoms with Crippen molar-refractivity contribution in [2.75, 3.05) is 12.4 Å². The molecule has 0 atom stereocenters. The first-order valence-corrected chi connectivity index (χ1v) is 7.50. The van der Waals surface area contributed by atoms with Crippen LogP contribution in [0.4, 0.5) is 5.69 Å². The van der Waals surface area contributed by atoms with E-state index < -0.39 is 0 Å². The molecule has 0 bridgehead atoms. The summed E-state index contributed by atoms with van der Waals surface area (Å²) in [6.45, 7) is 2.44. The zero-order valence-electron chi connectivity index (χ0n) is 12.8. The lowest BCUT2D eigenvalue weighted by molar-refractivity contribution is 0.384. The summed E-state index contributed by atoms with van der Waals surface area (Å²) in [5, 5.41) is 7.94. The molecule has 0 aliphatic heterocycles. The second-order valence-corrected chi connectivity index (χ2v) is 5.49. The zero-order chi connectivity index (χ0) is 16.2. The number of ether oxygens (including phenoxy) is 1. The van der Waals surface area contributed by atoms with Crippen LogP contribution in [0.5, 0.6) is 5.75 Å². The minimum atomic E-state index is 0.435. The van der Waals surface area contributed by atoms with E-state index in [4.69, 9.17) is 20.9 Å². The van der Waals surface area contributed by atoms with Gasteiger partial charge in [0, 0.05) is 16.3 Å². The second-order valence-electron chi connectivity index (χ2n) is 5.05. The lowest BCUT2D eigenvalue weighted by atomic mass is 10.2. The molecule has 23 heavy (non-hydrogen) atoms. The van der Waals surface area contributed by atoms with Gasteiger partial charge in [-0.3, -0.25) is 0 Å². The first-order chi connectivity index (χ1) is 11.2. The van der Waals surface area contributed by atoms with E-state index in [-0.39, 0.29) is 0 Å². The monoisotopic (exact) mass is 329 g/mol. The van der Waals surface area contributed by atoms with Crippen molar-refractivity contribution in [2.45, 2.75) is 13.5 Å². The molecule has 1 N–H and O–H groups in total. The Balaban J connectivity index is 1.70. The molecule has 0 fully saturated rings. The maximum Gasteiger partial charge on any atom is 0.246 e. The normalized spacial score (nSPS) is 10.6. The minimum absolute atomic E-state index is 0.435. The third-order valence-corrected chi connectivity index (χ3v) is 3.68. The van der Waals surface area contributed by atoms with Gasteiger partial charge in [0.05, 0.1) is 13.7 Å². The van der Waals surface area contributed by atoms with Gasteiger partial charge in [0.2, 0.25) is 11.7 Å². The first kappa shape index (κ1) is 15.4. The van der Waals surface area contributed by atoms with Gasteiger partial charge in [-0.1, -0.05) is 22.8 Å². The number of nitrogens with zero attached hydrogens (tertiary/aromatic N) is 2. The molecule has 0 amide bonds. The van der Waals surface area contributed by atoms with E-state index in [2.05, 4.69) is 15.5 Å². The van der Waals surface area contributed by atoms with Crippen LogP contribution in [0.1, 0.15) is 11.5 Å². The maximum absolute atomic E-state index is 6.01. The number of aryl methyl sites for hydroxylation is 1. The molecule has 2 aromatic carbocycles. The van der Waals surface area contributed by atoms with Gasteiger partial charge in [-0.05, 0) is 48.9 Å². The van der Waals surface area contributed by atoms with E-state index in [0.717, 1.165) is 22.6 Å². The molecular weight excluding hydrogens is 314 g/mol. The Morgan fingerprint density at radius 3 is 2.70 bits per heavy atom. The predicted molar refractivity (Wildman–Crippen MR) is 89.8 cm³/mol. The Morgan fingerprint density at radius 2 is 1.96 bits per heavy atom. The van der Waals surface area contributed by atoms with Gasteiger partial charge in [0.25, 0.3) is 0 Å². The van der Waals surface area contributed by atoms with Crippen LogP contribution in [-0.2, 0) is 6.54 Å². The van der Waals surface area contributed by atoms with Crippen LogP contribution in [0.15, 0.2) is 47.0 Å². The summed E-state index contributed by atoms with van der Waals surface area (Å²) < 4.78 is 10.4. The molecule has 3 rings (SSSR count). The standard InChI is InChI=1S/C17H16ClN3O2/c1-11-3-6-13(18)9-15(11)19-10-16-20-17(21-23-16)12-4-7-14(22-2)8-5-12/h3-9,19H,10H2,1-2H3. The molecule has 5 nitrogen and oxygen atoms in total. The highest BCUT2D eigenvalue weighted by atomic mass is 35.5. The maximum atomic E-state index is 6.01. The Morgan fingerprint density at radius 1 is 1.17 bits per heavy atom. The summed E-state index contributed by atoms with van der Waals surface area (Å²) in [5.41, 5.74) is 2.92. The SMILES string of the molecule is COc1ccc(-c2noc(CNc3cc(Cl)ccc3C)n2)cc1. The molecular formula is C17H16ClN3O2. The molecule has 0 saturated carbocycles. The molecule has 118 valence electrons. The van der Waals surface area contributed by atoms with Crippen LogP contribution in [0, 0.1) is 6.92 Å². The van der Waals surface area contributed by atoms with Gasteiger partial charge >= 0.3 is 0 Å². The number of hydrogen-bond donors (Lipinski definition) is 1. The third-order valence-electron chi connectivity index (χ3n) is 3.45. The van der Waals surface area contributed by atoms with Crippen molar-refractivity contribution < 1.29 is 9.26 Å². The Kier molecular flexibility index (Phi) is 4.48. The molecule has 0 spiro atoms. The van der Waals surface area contributed by atoms with E-state index in [1.54, 1.807) is 7.11 Å². The summed E-state index contributed by atoms with van der Waals surface area (Å²) >= 11 is 6.01. The number of anilines is 1. The van der Waals surface area contributed by atoms with E-state index in [9.17, 15) is 0 Å². The average molecular weight is 330 g/mol. The van der Waals surface area contributed by atoms with Crippen LogP contribution in [-0.4, -0.2) is 17.3 Å². The van der Waals surface area contributed by atoms with Crippen molar-refractivity contribution in [1.82, 2.24) is 10.1 Å². The van der Waals surface area contributed by atoms with Gasteiger partial charge in [-0.15, -0.1) is 0 Å². The molecule has 0 aliphatic rings. The van der Waals surface area contributed by atoms with E-state index in [1.165, 1.54) is 0 Å². The molecule has 0 unspecified atom stereocenters. The third kappa shape index (κ3) is 3.63. The van der Waals surface area contributed by atoms with Gasteiger partial charge in [0.1, 0.15) is 5.75 Å². The van der Waals surface area contributed by atoms with Gasteiger partial charge in [-0.25, -0.2) is 0 Å². The fraction of sp³-hybridized carbons (Fsp3) is 0.176. The fourth-order valence-electron chi connectivity index (χ4n) is 2.14. The molecule has 0 saturated heterocycles. The first-order valence-electron chi connectivity index (χ1n) is 7.13. The van der Waals surface area contributed by atoms with Crippen molar-refractivity contribution in [3.05, 3.63) is 58.9 Å². The number of aromatic nitrogens is 2. The van der Waals surface area contributed by atoms with Crippen LogP contribution in [0.25, 0.3) is 11.4 Å². The highest BCUT2D eigenvalue weighted by Crippen LogP contribution is 2.22. The van der Waals surface area contributed by atoms with Crippen LogP contribution in [0.2, 0.25) is 5.02 Å². The number of rotatable bonds is 5. The molecule has 1 aromatic heterocycles. The predicted octanol–water partition coefficient (Wildman–Crippen LogP) is 4.32. The second kappa shape index (κ2) is 6.71. The smallest absolute Gasteiger partial charge is 0.246 e. The number of benzene rings is 2. The summed E-state index contributed by atoms with van der Waals surface area (Å²) in [4.78, 5) is 4.39.